The zero-order chi connectivity index (χ0) is 12.3. The maximum Gasteiger partial charge on any atom is 0.195 e. The second-order valence-electron chi connectivity index (χ2n) is 3.32. The fraction of sp³-hybridized carbons (Fsp3) is 0.0769. The number of methoxy groups -OCH3 is 1. The number of hydrogen-bond acceptors (Lipinski definition) is 2. The van der Waals surface area contributed by atoms with Crippen molar-refractivity contribution in [1.82, 2.24) is 0 Å². The molecule has 2 aromatic carbocycles. The molecular weight excluding hydrogens is 239 g/mol. The second-order valence-corrected chi connectivity index (χ2v) is 4.37. The first kappa shape index (κ1) is 11.8. The van der Waals surface area contributed by atoms with Crippen LogP contribution in [0.25, 0.3) is 0 Å². The van der Waals surface area contributed by atoms with E-state index < -0.39 is 5.82 Å². The molecule has 0 spiro atoms. The minimum Gasteiger partial charge on any atom is -0.496 e. The first-order chi connectivity index (χ1) is 8.22. The summed E-state index contributed by atoms with van der Waals surface area (Å²) in [7, 11) is 1.54. The Labute approximate surface area is 103 Å². The topological polar surface area (TPSA) is 29.1 Å². The average Bonchev–Trinajstić information content (AvgIpc) is 2.34. The van der Waals surface area contributed by atoms with Crippen molar-refractivity contribution in [2.24, 2.45) is 0 Å². The van der Waals surface area contributed by atoms with Crippen LogP contribution < -0.4 is 4.74 Å². The molecule has 0 aliphatic carbocycles. The standard InChI is InChI=1S/C13H10FO2S/c1-16-11-7-2-3-8-12(11)17-13-9(14)5-4-6-10(13)15/h2-8H,1H3. The van der Waals surface area contributed by atoms with Crippen molar-refractivity contribution in [2.45, 2.75) is 9.79 Å². The number of benzene rings is 2. The molecule has 0 fully saturated rings. The highest BCUT2D eigenvalue weighted by Crippen LogP contribution is 2.40. The SMILES string of the molecule is COc1ccccc1Sc1c([O])cccc1F. The van der Waals surface area contributed by atoms with Gasteiger partial charge in [0.15, 0.2) is 5.75 Å². The van der Waals surface area contributed by atoms with Crippen LogP contribution in [0.1, 0.15) is 0 Å². The lowest BCUT2D eigenvalue weighted by Gasteiger charge is -2.08. The highest BCUT2D eigenvalue weighted by molar-refractivity contribution is 7.99. The number of para-hydroxylation sites is 1. The van der Waals surface area contributed by atoms with E-state index in [4.69, 9.17) is 4.74 Å². The molecule has 0 aromatic heterocycles. The molecule has 2 nitrogen and oxygen atoms in total. The number of ether oxygens (including phenoxy) is 1. The van der Waals surface area contributed by atoms with Crippen LogP contribution in [0.3, 0.4) is 0 Å². The molecule has 0 bridgehead atoms. The molecular formula is C13H10FO2S. The summed E-state index contributed by atoms with van der Waals surface area (Å²) in [5, 5.41) is 11.5. The van der Waals surface area contributed by atoms with E-state index in [1.165, 1.54) is 18.2 Å². The summed E-state index contributed by atoms with van der Waals surface area (Å²) in [5.41, 5.74) is 0. The quantitative estimate of drug-likeness (QED) is 0.818. The smallest absolute Gasteiger partial charge is 0.195 e. The third-order valence-electron chi connectivity index (χ3n) is 2.21. The van der Waals surface area contributed by atoms with Gasteiger partial charge in [-0.15, -0.1) is 0 Å². The van der Waals surface area contributed by atoms with Gasteiger partial charge in [0.05, 0.1) is 16.9 Å². The summed E-state index contributed by atoms with van der Waals surface area (Å²) < 4.78 is 18.7. The van der Waals surface area contributed by atoms with Crippen molar-refractivity contribution >= 4 is 11.8 Å². The van der Waals surface area contributed by atoms with E-state index in [9.17, 15) is 9.50 Å². The molecule has 4 heteroatoms. The molecule has 0 saturated heterocycles. The largest absolute Gasteiger partial charge is 0.496 e. The Kier molecular flexibility index (Phi) is 3.54. The van der Waals surface area contributed by atoms with Crippen molar-refractivity contribution < 1.29 is 14.2 Å². The third kappa shape index (κ3) is 2.53. The van der Waals surface area contributed by atoms with E-state index in [1.54, 1.807) is 19.2 Å². The minimum atomic E-state index is -0.506. The van der Waals surface area contributed by atoms with Gasteiger partial charge in [-0.05, 0) is 24.3 Å². The van der Waals surface area contributed by atoms with Crippen LogP contribution >= 0.6 is 11.8 Å². The van der Waals surface area contributed by atoms with E-state index >= 15 is 0 Å². The molecule has 17 heavy (non-hydrogen) atoms. The van der Waals surface area contributed by atoms with Crippen molar-refractivity contribution in [1.29, 1.82) is 0 Å². The van der Waals surface area contributed by atoms with Crippen molar-refractivity contribution in [3.05, 3.63) is 48.3 Å². The van der Waals surface area contributed by atoms with Crippen LogP contribution in [0.15, 0.2) is 52.3 Å². The Hall–Kier alpha value is -1.68. The van der Waals surface area contributed by atoms with E-state index in [0.29, 0.717) is 5.75 Å². The van der Waals surface area contributed by atoms with E-state index in [0.717, 1.165) is 16.7 Å². The Morgan fingerprint density at radius 2 is 1.88 bits per heavy atom. The highest BCUT2D eigenvalue weighted by Gasteiger charge is 2.13. The van der Waals surface area contributed by atoms with Crippen LogP contribution in [0.5, 0.6) is 11.5 Å². The Balaban J connectivity index is 2.38. The van der Waals surface area contributed by atoms with Crippen LogP contribution in [-0.2, 0) is 5.11 Å². The minimum absolute atomic E-state index is 0.0944. The molecule has 0 heterocycles. The van der Waals surface area contributed by atoms with Crippen LogP contribution in [0, 0.1) is 5.82 Å². The molecule has 0 unspecified atom stereocenters. The zero-order valence-corrected chi connectivity index (χ0v) is 9.96. The van der Waals surface area contributed by atoms with Crippen LogP contribution in [0.4, 0.5) is 4.39 Å². The molecule has 2 aromatic rings. The first-order valence-corrected chi connectivity index (χ1v) is 5.80. The number of rotatable bonds is 3. The van der Waals surface area contributed by atoms with Crippen molar-refractivity contribution in [2.75, 3.05) is 7.11 Å². The van der Waals surface area contributed by atoms with Gasteiger partial charge in [0.2, 0.25) is 0 Å². The van der Waals surface area contributed by atoms with Gasteiger partial charge in [-0.1, -0.05) is 30.0 Å². The van der Waals surface area contributed by atoms with Crippen molar-refractivity contribution in [3.63, 3.8) is 0 Å². The fourth-order valence-electron chi connectivity index (χ4n) is 1.40. The molecule has 0 saturated carbocycles. The van der Waals surface area contributed by atoms with Crippen LogP contribution in [-0.4, -0.2) is 7.11 Å². The molecule has 0 amide bonds. The second kappa shape index (κ2) is 5.10. The van der Waals surface area contributed by atoms with Gasteiger partial charge < -0.3 is 4.74 Å². The Morgan fingerprint density at radius 3 is 2.59 bits per heavy atom. The maximum absolute atomic E-state index is 13.5. The third-order valence-corrected chi connectivity index (χ3v) is 3.37. The lowest BCUT2D eigenvalue weighted by Crippen LogP contribution is -1.86. The normalized spacial score (nSPS) is 10.2. The van der Waals surface area contributed by atoms with Gasteiger partial charge in [0, 0.05) is 0 Å². The summed E-state index contributed by atoms with van der Waals surface area (Å²) in [5.74, 6) is -0.200. The fourth-order valence-corrected chi connectivity index (χ4v) is 2.35. The van der Waals surface area contributed by atoms with Gasteiger partial charge in [-0.3, -0.25) is 5.11 Å². The molecule has 0 aliphatic rings. The first-order valence-electron chi connectivity index (χ1n) is 4.99. The summed E-state index contributed by atoms with van der Waals surface area (Å²) in [6.45, 7) is 0. The Morgan fingerprint density at radius 1 is 1.12 bits per heavy atom. The van der Waals surface area contributed by atoms with Gasteiger partial charge in [-0.25, -0.2) is 4.39 Å². The van der Waals surface area contributed by atoms with Gasteiger partial charge in [0.25, 0.3) is 0 Å². The number of halogens is 1. The highest BCUT2D eigenvalue weighted by atomic mass is 32.2. The summed E-state index contributed by atoms with van der Waals surface area (Å²) in [4.78, 5) is 0.814. The molecule has 2 rings (SSSR count). The van der Waals surface area contributed by atoms with E-state index in [1.807, 2.05) is 12.1 Å². The zero-order valence-electron chi connectivity index (χ0n) is 9.14. The predicted octanol–water partition coefficient (Wildman–Crippen LogP) is 4.13. The molecule has 0 atom stereocenters. The van der Waals surface area contributed by atoms with Gasteiger partial charge in [-0.2, -0.15) is 0 Å². The van der Waals surface area contributed by atoms with E-state index in [2.05, 4.69) is 0 Å². The van der Waals surface area contributed by atoms with Crippen LogP contribution in [0.2, 0.25) is 0 Å². The lowest BCUT2D eigenvalue weighted by atomic mass is 10.3. The maximum atomic E-state index is 13.5. The summed E-state index contributed by atoms with van der Waals surface area (Å²) >= 11 is 1.08. The van der Waals surface area contributed by atoms with E-state index in [-0.39, 0.29) is 10.6 Å². The van der Waals surface area contributed by atoms with Gasteiger partial charge in [0.1, 0.15) is 11.6 Å². The predicted molar refractivity (Wildman–Crippen MR) is 63.6 cm³/mol. The average molecular weight is 249 g/mol. The molecule has 0 N–H and O–H groups in total. The van der Waals surface area contributed by atoms with Crippen molar-refractivity contribution in [3.8, 4) is 11.5 Å². The van der Waals surface area contributed by atoms with Gasteiger partial charge >= 0.3 is 0 Å². The summed E-state index contributed by atoms with van der Waals surface area (Å²) in [6.07, 6.45) is 0. The Bertz CT molecular complexity index is 508. The number of hydrogen-bond donors (Lipinski definition) is 0. The summed E-state index contributed by atoms with van der Waals surface area (Å²) in [6, 6.07) is 11.2. The molecule has 0 aliphatic heterocycles. The monoisotopic (exact) mass is 249 g/mol. The molecule has 1 radical (unpaired) electrons. The lowest BCUT2D eigenvalue weighted by molar-refractivity contribution is 0.339. The molecule has 87 valence electrons.